The highest BCUT2D eigenvalue weighted by atomic mass is 16.7. The summed E-state index contributed by atoms with van der Waals surface area (Å²) in [5, 5.41) is 12.7. The third kappa shape index (κ3) is 6.28. The van der Waals surface area contributed by atoms with Crippen molar-refractivity contribution in [1.82, 2.24) is 0 Å². The Bertz CT molecular complexity index is 1280. The van der Waals surface area contributed by atoms with Crippen LogP contribution in [0.1, 0.15) is 34.6 Å². The zero-order valence-electron chi connectivity index (χ0n) is 20.5. The molecule has 7 heteroatoms. The molecule has 0 radical (unpaired) electrons. The van der Waals surface area contributed by atoms with E-state index in [1.165, 1.54) is 6.07 Å². The summed E-state index contributed by atoms with van der Waals surface area (Å²) in [6.07, 6.45) is 1.46. The molecule has 184 valence electrons. The maximum Gasteiger partial charge on any atom is 0.188 e. The number of aldehydes is 2. The van der Waals surface area contributed by atoms with Crippen LogP contribution >= 0.6 is 0 Å². The predicted octanol–water partition coefficient (Wildman–Crippen LogP) is 6.04. The van der Waals surface area contributed by atoms with Crippen LogP contribution in [0.15, 0.2) is 60.7 Å². The molecule has 4 aromatic rings. The fraction of sp³-hybridized carbons (Fsp3) is 0.214. The van der Waals surface area contributed by atoms with Gasteiger partial charge < -0.3 is 24.1 Å². The summed E-state index contributed by atoms with van der Waals surface area (Å²) in [6.45, 7) is 4.13. The van der Waals surface area contributed by atoms with E-state index in [0.29, 0.717) is 28.9 Å². The molecule has 0 bridgehead atoms. The number of hydrogen-bond acceptors (Lipinski definition) is 7. The average Bonchev–Trinajstić information content (AvgIpc) is 2.92. The van der Waals surface area contributed by atoms with Crippen LogP contribution < -0.4 is 14.2 Å². The van der Waals surface area contributed by atoms with Gasteiger partial charge >= 0.3 is 0 Å². The maximum atomic E-state index is 11.1. The Kier molecular flexibility index (Phi) is 10.5. The highest BCUT2D eigenvalue weighted by Crippen LogP contribution is 2.34. The number of rotatable bonds is 7. The van der Waals surface area contributed by atoms with E-state index in [0.717, 1.165) is 33.6 Å². The molecular weight excluding hydrogens is 448 g/mol. The minimum absolute atomic E-state index is 0.00247. The van der Waals surface area contributed by atoms with Crippen molar-refractivity contribution < 1.29 is 33.6 Å². The van der Waals surface area contributed by atoms with Crippen molar-refractivity contribution in [2.45, 2.75) is 13.8 Å². The molecule has 0 aliphatic carbocycles. The second-order valence-corrected chi connectivity index (χ2v) is 6.91. The van der Waals surface area contributed by atoms with Gasteiger partial charge in [-0.05, 0) is 53.2 Å². The van der Waals surface area contributed by atoms with E-state index < -0.39 is 0 Å². The van der Waals surface area contributed by atoms with E-state index in [9.17, 15) is 14.7 Å². The molecule has 35 heavy (non-hydrogen) atoms. The Morgan fingerprint density at radius 3 is 2.20 bits per heavy atom. The Hall–Kier alpha value is -4.10. The molecule has 0 aromatic heterocycles. The molecule has 0 aliphatic rings. The molecule has 4 rings (SSSR count). The van der Waals surface area contributed by atoms with Crippen molar-refractivity contribution in [3.8, 4) is 23.0 Å². The van der Waals surface area contributed by atoms with Crippen LogP contribution in [0.2, 0.25) is 0 Å². The van der Waals surface area contributed by atoms with Gasteiger partial charge in [0.2, 0.25) is 0 Å². The first-order valence-electron chi connectivity index (χ1n) is 11.0. The topological polar surface area (TPSA) is 91.3 Å². The Balaban J connectivity index is 0.000000234. The van der Waals surface area contributed by atoms with Gasteiger partial charge in [0.1, 0.15) is 23.0 Å². The molecule has 0 saturated heterocycles. The molecule has 0 heterocycles. The van der Waals surface area contributed by atoms with Crippen molar-refractivity contribution in [3.05, 3.63) is 71.8 Å². The third-order valence-electron chi connectivity index (χ3n) is 5.04. The van der Waals surface area contributed by atoms with Gasteiger partial charge in [0.05, 0.1) is 19.8 Å². The lowest BCUT2D eigenvalue weighted by Crippen LogP contribution is -2.00. The van der Waals surface area contributed by atoms with Crippen LogP contribution in [0.5, 0.6) is 23.0 Å². The lowest BCUT2D eigenvalue weighted by atomic mass is 10.0. The third-order valence-corrected chi connectivity index (χ3v) is 5.04. The van der Waals surface area contributed by atoms with E-state index >= 15 is 0 Å². The number of aromatic hydroxyl groups is 1. The van der Waals surface area contributed by atoms with Crippen molar-refractivity contribution in [2.24, 2.45) is 0 Å². The van der Waals surface area contributed by atoms with Crippen molar-refractivity contribution in [2.75, 3.05) is 28.1 Å². The molecule has 0 aliphatic heterocycles. The Morgan fingerprint density at radius 1 is 0.800 bits per heavy atom. The summed E-state index contributed by atoms with van der Waals surface area (Å²) in [7, 11) is 4.73. The number of phenols is 1. The molecule has 0 spiro atoms. The Labute approximate surface area is 204 Å². The lowest BCUT2D eigenvalue weighted by molar-refractivity contribution is 0.0522. The maximum absolute atomic E-state index is 11.1. The number of carbonyl (C=O) groups is 2. The quantitative estimate of drug-likeness (QED) is 0.256. The van der Waals surface area contributed by atoms with Crippen LogP contribution in [-0.4, -0.2) is 45.8 Å². The minimum Gasteiger partial charge on any atom is -0.507 e. The number of ether oxygens (including phenoxy) is 4. The van der Waals surface area contributed by atoms with Crippen molar-refractivity contribution >= 4 is 34.1 Å². The van der Waals surface area contributed by atoms with Crippen LogP contribution in [-0.2, 0) is 4.74 Å². The largest absolute Gasteiger partial charge is 0.507 e. The first kappa shape index (κ1) is 27.1. The zero-order chi connectivity index (χ0) is 25.8. The predicted molar refractivity (Wildman–Crippen MR) is 137 cm³/mol. The molecule has 0 atom stereocenters. The van der Waals surface area contributed by atoms with Gasteiger partial charge in [-0.15, -0.1) is 0 Å². The number of methoxy groups -OCH3 is 3. The van der Waals surface area contributed by atoms with Gasteiger partial charge in [-0.1, -0.05) is 32.0 Å². The van der Waals surface area contributed by atoms with Gasteiger partial charge in [0.25, 0.3) is 0 Å². The molecule has 4 aromatic carbocycles. The fourth-order valence-electron chi connectivity index (χ4n) is 3.46. The molecule has 0 saturated carbocycles. The van der Waals surface area contributed by atoms with E-state index in [4.69, 9.17) is 18.9 Å². The summed E-state index contributed by atoms with van der Waals surface area (Å²) < 4.78 is 20.7. The minimum atomic E-state index is 0.00247. The molecule has 1 N–H and O–H groups in total. The number of benzene rings is 4. The van der Waals surface area contributed by atoms with Gasteiger partial charge in [-0.2, -0.15) is 0 Å². The van der Waals surface area contributed by atoms with Crippen LogP contribution in [0.25, 0.3) is 21.5 Å². The first-order chi connectivity index (χ1) is 17.1. The highest BCUT2D eigenvalue weighted by molar-refractivity contribution is 6.04. The van der Waals surface area contributed by atoms with Gasteiger partial charge in [0, 0.05) is 23.4 Å². The number of hydrogen-bond donors (Lipinski definition) is 1. The number of phenolic OH excluding ortho intramolecular Hbond substituents is 1. The van der Waals surface area contributed by atoms with E-state index in [1.54, 1.807) is 57.7 Å². The highest BCUT2D eigenvalue weighted by Gasteiger charge is 2.11. The van der Waals surface area contributed by atoms with E-state index in [-0.39, 0.29) is 12.5 Å². The first-order valence-corrected chi connectivity index (χ1v) is 11.0. The molecule has 0 amide bonds. The van der Waals surface area contributed by atoms with Crippen molar-refractivity contribution in [3.63, 3.8) is 0 Å². The normalized spacial score (nSPS) is 9.86. The standard InChI is InChI=1S/C14H14O4.C12H10O3.C2H6/c1-16-9-18-13-5-3-4-11-12(17-2)7-6-10(8-15)14(11)13;1-15-9-3-4-10-8(6-9)2-5-12(14)11(10)7-13;1-2/h3-8H,9H2,1-2H3;2-7,14H,1H3;1-2H3. The van der Waals surface area contributed by atoms with Gasteiger partial charge in [-0.25, -0.2) is 0 Å². The smallest absolute Gasteiger partial charge is 0.188 e. The van der Waals surface area contributed by atoms with E-state index in [1.807, 2.05) is 32.0 Å². The fourth-order valence-corrected chi connectivity index (χ4v) is 3.46. The zero-order valence-corrected chi connectivity index (χ0v) is 20.5. The number of carbonyl (C=O) groups excluding carboxylic acids is 2. The summed E-state index contributed by atoms with van der Waals surface area (Å²) in [4.78, 5) is 21.9. The van der Waals surface area contributed by atoms with E-state index in [2.05, 4.69) is 0 Å². The summed E-state index contributed by atoms with van der Waals surface area (Å²) >= 11 is 0. The summed E-state index contributed by atoms with van der Waals surface area (Å²) in [5.74, 6) is 2.04. The van der Waals surface area contributed by atoms with Crippen LogP contribution in [0, 0.1) is 0 Å². The lowest BCUT2D eigenvalue weighted by Gasteiger charge is -2.12. The average molecular weight is 479 g/mol. The Morgan fingerprint density at radius 2 is 1.57 bits per heavy atom. The molecule has 0 fully saturated rings. The van der Waals surface area contributed by atoms with Crippen LogP contribution in [0.4, 0.5) is 0 Å². The molecular formula is C28H30O7. The molecule has 7 nitrogen and oxygen atoms in total. The van der Waals surface area contributed by atoms with Crippen molar-refractivity contribution in [1.29, 1.82) is 0 Å². The monoisotopic (exact) mass is 478 g/mol. The van der Waals surface area contributed by atoms with Gasteiger partial charge in [0.15, 0.2) is 19.4 Å². The SMILES string of the molecule is CC.COCOc1cccc2c(OC)ccc(C=O)c12.COc1ccc2c(C=O)c(O)ccc2c1. The van der Waals surface area contributed by atoms with Crippen LogP contribution in [0.3, 0.4) is 0 Å². The molecule has 0 unspecified atom stereocenters. The number of fused-ring (bicyclic) bond motifs is 2. The second kappa shape index (κ2) is 13.6. The summed E-state index contributed by atoms with van der Waals surface area (Å²) in [6, 6.07) is 17.6. The second-order valence-electron chi connectivity index (χ2n) is 6.91. The summed E-state index contributed by atoms with van der Waals surface area (Å²) in [5.41, 5.74) is 0.882. The van der Waals surface area contributed by atoms with Gasteiger partial charge in [-0.3, -0.25) is 9.59 Å².